The average molecular weight is 379 g/mol. The molecule has 26 heavy (non-hydrogen) atoms. The molecule has 4 rings (SSSR count). The number of halogens is 1. The summed E-state index contributed by atoms with van der Waals surface area (Å²) in [7, 11) is 0. The van der Waals surface area contributed by atoms with Gasteiger partial charge in [-0.2, -0.15) is 0 Å². The fraction of sp³-hybridized carbons (Fsp3) is 0.444. The highest BCUT2D eigenvalue weighted by atomic mass is 35.5. The number of nitrogens with one attached hydrogen (secondary N) is 1. The van der Waals surface area contributed by atoms with Crippen molar-refractivity contribution in [3.63, 3.8) is 0 Å². The third-order valence-corrected chi connectivity index (χ3v) is 5.06. The summed E-state index contributed by atoms with van der Waals surface area (Å²) < 4.78 is 16.2. The predicted octanol–water partition coefficient (Wildman–Crippen LogP) is 1.28. The second kappa shape index (κ2) is 7.36. The van der Waals surface area contributed by atoms with Crippen LogP contribution in [0.5, 0.6) is 0 Å². The van der Waals surface area contributed by atoms with Gasteiger partial charge in [0.15, 0.2) is 0 Å². The molecular weight excluding hydrogens is 360 g/mol. The van der Waals surface area contributed by atoms with Gasteiger partial charge in [-0.25, -0.2) is 4.79 Å². The highest BCUT2D eigenvalue weighted by Crippen LogP contribution is 2.20. The fourth-order valence-electron chi connectivity index (χ4n) is 3.45. The smallest absolute Gasteiger partial charge is 0.349 e. The Bertz CT molecular complexity index is 878. The van der Waals surface area contributed by atoms with Crippen LogP contribution in [0.2, 0.25) is 5.02 Å². The first-order valence-electron chi connectivity index (χ1n) is 8.55. The quantitative estimate of drug-likeness (QED) is 0.810. The van der Waals surface area contributed by atoms with Crippen LogP contribution in [-0.4, -0.2) is 62.4 Å². The topological polar surface area (TPSA) is 81.0 Å². The zero-order valence-corrected chi connectivity index (χ0v) is 14.8. The van der Waals surface area contributed by atoms with Crippen LogP contribution in [-0.2, 0) is 9.47 Å². The monoisotopic (exact) mass is 378 g/mol. The lowest BCUT2D eigenvalue weighted by Crippen LogP contribution is -2.54. The van der Waals surface area contributed by atoms with Crippen LogP contribution in [0.4, 0.5) is 0 Å². The lowest BCUT2D eigenvalue weighted by molar-refractivity contribution is 0.0108. The standard InChI is InChI=1S/C18H19ClN2O5/c19-12-1-2-16-11(7-12)8-13(18(23)26-16)17(22)20-14-9-25-10-15(14)21-3-5-24-6-4-21/h1-2,7-8,14-15H,3-6,9-10H2,(H,20,22)/t14-,15-/m0/s1. The Hall–Kier alpha value is -1.93. The van der Waals surface area contributed by atoms with Gasteiger partial charge in [-0.1, -0.05) is 11.6 Å². The van der Waals surface area contributed by atoms with Crippen molar-refractivity contribution in [1.29, 1.82) is 0 Å². The number of fused-ring (bicyclic) bond motifs is 1. The summed E-state index contributed by atoms with van der Waals surface area (Å²) in [6, 6.07) is 6.31. The first-order valence-corrected chi connectivity index (χ1v) is 8.93. The molecule has 0 spiro atoms. The van der Waals surface area contributed by atoms with Crippen molar-refractivity contribution >= 4 is 28.5 Å². The van der Waals surface area contributed by atoms with Gasteiger partial charge >= 0.3 is 5.63 Å². The number of ether oxygens (including phenoxy) is 2. The third-order valence-electron chi connectivity index (χ3n) is 4.82. The Morgan fingerprint density at radius 3 is 2.77 bits per heavy atom. The number of carbonyl (C=O) groups excluding carboxylic acids is 1. The third kappa shape index (κ3) is 3.48. The molecule has 0 saturated carbocycles. The van der Waals surface area contributed by atoms with E-state index in [1.54, 1.807) is 18.2 Å². The second-order valence-electron chi connectivity index (χ2n) is 6.46. The maximum atomic E-state index is 12.7. The minimum absolute atomic E-state index is 0.0348. The summed E-state index contributed by atoms with van der Waals surface area (Å²) in [5, 5.41) is 4.04. The first-order chi connectivity index (χ1) is 12.6. The number of nitrogens with zero attached hydrogens (tertiary/aromatic N) is 1. The fourth-order valence-corrected chi connectivity index (χ4v) is 3.63. The van der Waals surface area contributed by atoms with Crippen LogP contribution in [0.15, 0.2) is 33.5 Å². The van der Waals surface area contributed by atoms with Crippen LogP contribution in [0, 0.1) is 0 Å². The molecule has 3 heterocycles. The maximum absolute atomic E-state index is 12.7. The molecule has 8 heteroatoms. The molecule has 138 valence electrons. The molecule has 7 nitrogen and oxygen atoms in total. The summed E-state index contributed by atoms with van der Waals surface area (Å²) in [5.41, 5.74) is -0.308. The molecule has 0 radical (unpaired) electrons. The van der Waals surface area contributed by atoms with E-state index in [4.69, 9.17) is 25.5 Å². The van der Waals surface area contributed by atoms with Crippen molar-refractivity contribution in [1.82, 2.24) is 10.2 Å². The van der Waals surface area contributed by atoms with Crippen molar-refractivity contribution in [3.05, 3.63) is 45.3 Å². The number of rotatable bonds is 3. The summed E-state index contributed by atoms with van der Waals surface area (Å²) in [6.45, 7) is 3.91. The van der Waals surface area contributed by atoms with E-state index in [-0.39, 0.29) is 17.6 Å². The van der Waals surface area contributed by atoms with Crippen molar-refractivity contribution in [2.45, 2.75) is 12.1 Å². The largest absolute Gasteiger partial charge is 0.422 e. The van der Waals surface area contributed by atoms with Crippen molar-refractivity contribution < 1.29 is 18.7 Å². The average Bonchev–Trinajstić information content (AvgIpc) is 3.10. The molecule has 2 saturated heterocycles. The van der Waals surface area contributed by atoms with Gasteiger partial charge in [0.25, 0.3) is 5.91 Å². The highest BCUT2D eigenvalue weighted by molar-refractivity contribution is 6.31. The molecule has 1 amide bonds. The van der Waals surface area contributed by atoms with Crippen molar-refractivity contribution in [3.8, 4) is 0 Å². The normalized spacial score (nSPS) is 24.0. The molecule has 2 fully saturated rings. The molecule has 1 N–H and O–H groups in total. The Kier molecular flexibility index (Phi) is 4.95. The van der Waals surface area contributed by atoms with Crippen LogP contribution >= 0.6 is 11.6 Å². The molecule has 2 aliphatic rings. The van der Waals surface area contributed by atoms with Gasteiger partial charge in [0.05, 0.1) is 38.5 Å². The SMILES string of the molecule is O=C(N[C@H]1COC[C@@H]1N1CCOCC1)c1cc2cc(Cl)ccc2oc1=O. The number of amides is 1. The molecule has 2 aromatic rings. The van der Waals surface area contributed by atoms with E-state index in [2.05, 4.69) is 10.2 Å². The molecule has 1 aromatic heterocycles. The second-order valence-corrected chi connectivity index (χ2v) is 6.90. The Morgan fingerprint density at radius 2 is 1.96 bits per heavy atom. The van der Waals surface area contributed by atoms with E-state index >= 15 is 0 Å². The first kappa shape index (κ1) is 17.5. The van der Waals surface area contributed by atoms with Gasteiger partial charge in [0.1, 0.15) is 11.1 Å². The molecule has 0 aliphatic carbocycles. The lowest BCUT2D eigenvalue weighted by Gasteiger charge is -2.34. The van der Waals surface area contributed by atoms with Gasteiger partial charge in [-0.05, 0) is 24.3 Å². The number of morpholine rings is 1. The zero-order valence-electron chi connectivity index (χ0n) is 14.1. The Balaban J connectivity index is 1.54. The van der Waals surface area contributed by atoms with E-state index in [0.29, 0.717) is 42.4 Å². The van der Waals surface area contributed by atoms with E-state index in [1.807, 2.05) is 0 Å². The number of hydrogen-bond acceptors (Lipinski definition) is 6. The van der Waals surface area contributed by atoms with Gasteiger partial charge < -0.3 is 19.2 Å². The van der Waals surface area contributed by atoms with Crippen LogP contribution < -0.4 is 10.9 Å². The molecule has 1 aromatic carbocycles. The van der Waals surface area contributed by atoms with Crippen LogP contribution in [0.1, 0.15) is 10.4 Å². The minimum Gasteiger partial charge on any atom is -0.422 e. The van der Waals surface area contributed by atoms with E-state index < -0.39 is 11.5 Å². The van der Waals surface area contributed by atoms with Crippen LogP contribution in [0.25, 0.3) is 11.0 Å². The molecular formula is C18H19ClN2O5. The molecule has 0 bridgehead atoms. The Morgan fingerprint density at radius 1 is 1.15 bits per heavy atom. The van der Waals surface area contributed by atoms with Crippen molar-refractivity contribution in [2.24, 2.45) is 0 Å². The number of hydrogen-bond donors (Lipinski definition) is 1. The predicted molar refractivity (Wildman–Crippen MR) is 95.7 cm³/mol. The van der Waals surface area contributed by atoms with E-state index in [0.717, 1.165) is 13.1 Å². The highest BCUT2D eigenvalue weighted by Gasteiger charge is 2.35. The Labute approximate surface area is 154 Å². The summed E-state index contributed by atoms with van der Waals surface area (Å²) in [6.07, 6.45) is 0. The summed E-state index contributed by atoms with van der Waals surface area (Å²) in [5.74, 6) is -0.464. The maximum Gasteiger partial charge on any atom is 0.349 e. The van der Waals surface area contributed by atoms with Gasteiger partial charge in [0.2, 0.25) is 0 Å². The lowest BCUT2D eigenvalue weighted by atomic mass is 10.1. The molecule has 2 aliphatic heterocycles. The minimum atomic E-state index is -0.667. The summed E-state index contributed by atoms with van der Waals surface area (Å²) >= 11 is 5.98. The number of benzene rings is 1. The van der Waals surface area contributed by atoms with Gasteiger partial charge in [-0.3, -0.25) is 9.69 Å². The zero-order chi connectivity index (χ0) is 18.1. The van der Waals surface area contributed by atoms with Gasteiger partial charge in [0, 0.05) is 23.5 Å². The molecule has 0 unspecified atom stereocenters. The van der Waals surface area contributed by atoms with E-state index in [9.17, 15) is 9.59 Å². The van der Waals surface area contributed by atoms with E-state index in [1.165, 1.54) is 6.07 Å². The van der Waals surface area contributed by atoms with Crippen molar-refractivity contribution in [2.75, 3.05) is 39.5 Å². The summed E-state index contributed by atoms with van der Waals surface area (Å²) in [4.78, 5) is 27.1. The molecule has 2 atom stereocenters. The van der Waals surface area contributed by atoms with Gasteiger partial charge in [-0.15, -0.1) is 0 Å². The number of carbonyl (C=O) groups is 1. The van der Waals surface area contributed by atoms with Crippen LogP contribution in [0.3, 0.4) is 0 Å².